The summed E-state index contributed by atoms with van der Waals surface area (Å²) in [6.45, 7) is 5.01. The standard InChI is InChI=1S/C19H19N9S/c1-11(2)10-27-16-14(23-19(27)28-9-5-8-21-28)15(20)24-17(25-16)26-18-22-12-6-3-4-7-13(12)29-18/h3-9,11H,10H2,1-2H3,(H3,20,22,24,25,26). The number of aromatic nitrogens is 7. The number of hydrogen-bond donors (Lipinski definition) is 2. The van der Waals surface area contributed by atoms with Crippen LogP contribution in [0, 0.1) is 5.92 Å². The number of nitrogens with one attached hydrogen (secondary N) is 1. The van der Waals surface area contributed by atoms with Crippen LogP contribution in [0.1, 0.15) is 13.8 Å². The van der Waals surface area contributed by atoms with Crippen molar-refractivity contribution in [2.45, 2.75) is 20.4 Å². The summed E-state index contributed by atoms with van der Waals surface area (Å²) in [4.78, 5) is 18.4. The van der Waals surface area contributed by atoms with E-state index in [2.05, 4.69) is 39.2 Å². The number of nitrogen functional groups attached to an aromatic ring is 1. The van der Waals surface area contributed by atoms with Gasteiger partial charge in [0.05, 0.1) is 10.2 Å². The zero-order chi connectivity index (χ0) is 20.0. The average molecular weight is 405 g/mol. The number of fused-ring (bicyclic) bond motifs is 2. The van der Waals surface area contributed by atoms with Crippen molar-refractivity contribution in [3.8, 4) is 5.95 Å². The quantitative estimate of drug-likeness (QED) is 0.459. The molecule has 0 aliphatic carbocycles. The molecule has 1 aromatic carbocycles. The van der Waals surface area contributed by atoms with E-state index >= 15 is 0 Å². The summed E-state index contributed by atoms with van der Waals surface area (Å²) in [7, 11) is 0. The van der Waals surface area contributed by atoms with Crippen molar-refractivity contribution >= 4 is 49.6 Å². The molecule has 0 saturated carbocycles. The molecular weight excluding hydrogens is 386 g/mol. The lowest BCUT2D eigenvalue weighted by Gasteiger charge is -2.11. The highest BCUT2D eigenvalue weighted by atomic mass is 32.1. The van der Waals surface area contributed by atoms with E-state index in [-0.39, 0.29) is 0 Å². The van der Waals surface area contributed by atoms with Gasteiger partial charge < -0.3 is 5.73 Å². The first-order valence-corrected chi connectivity index (χ1v) is 10.1. The number of benzene rings is 1. The zero-order valence-electron chi connectivity index (χ0n) is 15.9. The Labute approximate surface area is 170 Å². The minimum atomic E-state index is 0.314. The number of nitrogens with zero attached hydrogens (tertiary/aromatic N) is 7. The second-order valence-corrected chi connectivity index (χ2v) is 8.11. The maximum atomic E-state index is 6.24. The molecule has 4 aromatic heterocycles. The SMILES string of the molecule is CC(C)Cn1c(-n2cccn2)nc2c(N)nc(Nc3nc4ccccc4s3)nc21. The lowest BCUT2D eigenvalue weighted by Crippen LogP contribution is -2.12. The second kappa shape index (κ2) is 6.82. The van der Waals surface area contributed by atoms with Crippen molar-refractivity contribution in [1.82, 2.24) is 34.3 Å². The summed E-state index contributed by atoms with van der Waals surface area (Å²) >= 11 is 1.54. The molecule has 0 spiro atoms. The molecule has 9 nitrogen and oxygen atoms in total. The van der Waals surface area contributed by atoms with Gasteiger partial charge in [-0.05, 0) is 24.1 Å². The molecule has 0 aliphatic rings. The van der Waals surface area contributed by atoms with Crippen LogP contribution in [-0.4, -0.2) is 34.3 Å². The largest absolute Gasteiger partial charge is 0.382 e. The van der Waals surface area contributed by atoms with Gasteiger partial charge in [-0.1, -0.05) is 37.3 Å². The molecule has 4 heterocycles. The van der Waals surface area contributed by atoms with Crippen molar-refractivity contribution in [2.24, 2.45) is 5.92 Å². The van der Waals surface area contributed by atoms with Crippen LogP contribution >= 0.6 is 11.3 Å². The normalized spacial score (nSPS) is 11.7. The summed E-state index contributed by atoms with van der Waals surface area (Å²) in [5, 5.41) is 8.22. The van der Waals surface area contributed by atoms with E-state index < -0.39 is 0 Å². The zero-order valence-corrected chi connectivity index (χ0v) is 16.8. The number of hydrogen-bond acceptors (Lipinski definition) is 8. The fourth-order valence-electron chi connectivity index (χ4n) is 3.18. The molecule has 0 amide bonds. The Hall–Kier alpha value is -3.53. The molecule has 0 saturated heterocycles. The Bertz CT molecular complexity index is 1270. The molecular formula is C19H19N9S. The molecule has 0 aliphatic heterocycles. The summed E-state index contributed by atoms with van der Waals surface area (Å²) in [6.07, 6.45) is 3.57. The summed E-state index contributed by atoms with van der Waals surface area (Å²) in [5.41, 5.74) is 8.40. The van der Waals surface area contributed by atoms with Gasteiger partial charge in [0.15, 0.2) is 22.1 Å². The molecule has 0 bridgehead atoms. The summed E-state index contributed by atoms with van der Waals surface area (Å²) in [6, 6.07) is 9.82. The van der Waals surface area contributed by atoms with Crippen LogP contribution in [0.3, 0.4) is 0 Å². The van der Waals surface area contributed by atoms with E-state index in [1.165, 1.54) is 0 Å². The van der Waals surface area contributed by atoms with Gasteiger partial charge in [0.1, 0.15) is 0 Å². The molecule has 0 fully saturated rings. The summed E-state index contributed by atoms with van der Waals surface area (Å²) in [5.74, 6) is 1.76. The minimum Gasteiger partial charge on any atom is -0.382 e. The van der Waals surface area contributed by atoms with Gasteiger partial charge in [-0.3, -0.25) is 9.88 Å². The van der Waals surface area contributed by atoms with Crippen LogP contribution in [0.25, 0.3) is 27.3 Å². The molecule has 0 atom stereocenters. The number of para-hydroxylation sites is 1. The van der Waals surface area contributed by atoms with Crippen molar-refractivity contribution in [3.63, 3.8) is 0 Å². The fourth-order valence-corrected chi connectivity index (χ4v) is 4.04. The van der Waals surface area contributed by atoms with Crippen LogP contribution in [0.2, 0.25) is 0 Å². The predicted molar refractivity (Wildman–Crippen MR) is 115 cm³/mol. The third-order valence-electron chi connectivity index (χ3n) is 4.37. The Morgan fingerprint density at radius 3 is 2.72 bits per heavy atom. The van der Waals surface area contributed by atoms with Crippen LogP contribution in [0.15, 0.2) is 42.7 Å². The van der Waals surface area contributed by atoms with Crippen LogP contribution in [0.5, 0.6) is 0 Å². The molecule has 0 radical (unpaired) electrons. The maximum Gasteiger partial charge on any atom is 0.233 e. The third-order valence-corrected chi connectivity index (χ3v) is 5.32. The van der Waals surface area contributed by atoms with E-state index in [9.17, 15) is 0 Å². The number of imidazole rings is 1. The van der Waals surface area contributed by atoms with E-state index in [0.29, 0.717) is 39.9 Å². The molecule has 146 valence electrons. The Morgan fingerprint density at radius 2 is 1.97 bits per heavy atom. The Kier molecular flexibility index (Phi) is 4.13. The molecule has 0 unspecified atom stereocenters. The molecule has 29 heavy (non-hydrogen) atoms. The second-order valence-electron chi connectivity index (χ2n) is 7.08. The average Bonchev–Trinajstić information content (AvgIpc) is 3.40. The van der Waals surface area contributed by atoms with E-state index in [1.807, 2.05) is 41.1 Å². The number of nitrogens with two attached hydrogens (primary N) is 1. The van der Waals surface area contributed by atoms with Crippen LogP contribution in [0.4, 0.5) is 16.9 Å². The fraction of sp³-hybridized carbons (Fsp3) is 0.211. The molecule has 3 N–H and O–H groups in total. The van der Waals surface area contributed by atoms with Crippen molar-refractivity contribution in [3.05, 3.63) is 42.7 Å². The highest BCUT2D eigenvalue weighted by Gasteiger charge is 2.19. The molecule has 5 aromatic rings. The van der Waals surface area contributed by atoms with Gasteiger partial charge in [-0.25, -0.2) is 14.6 Å². The summed E-state index contributed by atoms with van der Waals surface area (Å²) < 4.78 is 4.83. The monoisotopic (exact) mass is 405 g/mol. The van der Waals surface area contributed by atoms with Crippen molar-refractivity contribution < 1.29 is 0 Å². The van der Waals surface area contributed by atoms with E-state index in [1.54, 1.807) is 22.2 Å². The van der Waals surface area contributed by atoms with Crippen molar-refractivity contribution in [1.29, 1.82) is 0 Å². The first kappa shape index (κ1) is 17.6. The molecule has 5 rings (SSSR count). The van der Waals surface area contributed by atoms with E-state index in [4.69, 9.17) is 10.7 Å². The van der Waals surface area contributed by atoms with Gasteiger partial charge in [0.2, 0.25) is 11.9 Å². The number of anilines is 3. The first-order valence-electron chi connectivity index (χ1n) is 9.25. The lowest BCUT2D eigenvalue weighted by atomic mass is 10.2. The Balaban J connectivity index is 1.62. The van der Waals surface area contributed by atoms with Gasteiger partial charge >= 0.3 is 0 Å². The third kappa shape index (κ3) is 3.17. The van der Waals surface area contributed by atoms with Gasteiger partial charge in [0, 0.05) is 18.9 Å². The smallest absolute Gasteiger partial charge is 0.233 e. The number of thiazole rings is 1. The highest BCUT2D eigenvalue weighted by molar-refractivity contribution is 7.22. The number of rotatable bonds is 5. The topological polar surface area (TPSA) is 112 Å². The Morgan fingerprint density at radius 1 is 1.10 bits per heavy atom. The lowest BCUT2D eigenvalue weighted by molar-refractivity contribution is 0.518. The van der Waals surface area contributed by atoms with Crippen LogP contribution < -0.4 is 11.1 Å². The van der Waals surface area contributed by atoms with E-state index in [0.717, 1.165) is 16.8 Å². The minimum absolute atomic E-state index is 0.314. The van der Waals surface area contributed by atoms with Gasteiger partial charge in [0.25, 0.3) is 0 Å². The predicted octanol–water partition coefficient (Wildman–Crippen LogP) is 3.60. The maximum absolute atomic E-state index is 6.24. The van der Waals surface area contributed by atoms with Gasteiger partial charge in [-0.15, -0.1) is 0 Å². The first-order chi connectivity index (χ1) is 14.1. The van der Waals surface area contributed by atoms with Crippen molar-refractivity contribution in [2.75, 3.05) is 11.1 Å². The van der Waals surface area contributed by atoms with Gasteiger partial charge in [-0.2, -0.15) is 15.1 Å². The highest BCUT2D eigenvalue weighted by Crippen LogP contribution is 2.29. The van der Waals surface area contributed by atoms with Crippen LogP contribution in [-0.2, 0) is 6.54 Å². The molecule has 10 heteroatoms.